The first kappa shape index (κ1) is 14.6. The van der Waals surface area contributed by atoms with Gasteiger partial charge in [-0.05, 0) is 37.5 Å². The third-order valence-corrected chi connectivity index (χ3v) is 3.33. The van der Waals surface area contributed by atoms with Crippen molar-refractivity contribution in [3.63, 3.8) is 0 Å². The molecule has 1 heterocycles. The predicted molar refractivity (Wildman–Crippen MR) is 75.2 cm³/mol. The number of halogens is 1. The fourth-order valence-corrected chi connectivity index (χ4v) is 2.38. The number of rotatable bonds is 2. The number of methoxy groups -OCH3 is 1. The van der Waals surface area contributed by atoms with Crippen molar-refractivity contribution in [2.75, 3.05) is 24.3 Å². The van der Waals surface area contributed by atoms with E-state index in [1.165, 1.54) is 7.11 Å². The van der Waals surface area contributed by atoms with E-state index < -0.39 is 0 Å². The summed E-state index contributed by atoms with van der Waals surface area (Å²) in [6.45, 7) is 2.73. The minimum atomic E-state index is -0.263. The van der Waals surface area contributed by atoms with Crippen LogP contribution in [0.4, 0.5) is 11.4 Å². The number of ether oxygens (including phenoxy) is 1. The molecule has 1 unspecified atom stereocenters. The summed E-state index contributed by atoms with van der Waals surface area (Å²) in [6.07, 6.45) is 1.99. The smallest absolute Gasteiger partial charge is 0.328 e. The minimum absolute atomic E-state index is 0. The number of hydrogen-bond acceptors (Lipinski definition) is 4. The van der Waals surface area contributed by atoms with Gasteiger partial charge in [-0.25, -0.2) is 4.79 Å². The van der Waals surface area contributed by atoms with Gasteiger partial charge in [-0.2, -0.15) is 0 Å². The summed E-state index contributed by atoms with van der Waals surface area (Å²) < 4.78 is 4.80. The second kappa shape index (κ2) is 5.96. The molecule has 5 heteroatoms. The van der Waals surface area contributed by atoms with E-state index in [0.29, 0.717) is 0 Å². The van der Waals surface area contributed by atoms with Gasteiger partial charge in [0.1, 0.15) is 6.04 Å². The monoisotopic (exact) mass is 270 g/mol. The van der Waals surface area contributed by atoms with Crippen molar-refractivity contribution >= 4 is 29.8 Å². The minimum Gasteiger partial charge on any atom is -0.467 e. The highest BCUT2D eigenvalue weighted by atomic mass is 35.5. The Morgan fingerprint density at radius 2 is 2.22 bits per heavy atom. The summed E-state index contributed by atoms with van der Waals surface area (Å²) in [5, 5.41) is 0. The number of hydrogen-bond donors (Lipinski definition) is 1. The maximum atomic E-state index is 11.6. The third kappa shape index (κ3) is 2.53. The van der Waals surface area contributed by atoms with Gasteiger partial charge in [-0.15, -0.1) is 12.4 Å². The first-order valence-electron chi connectivity index (χ1n) is 5.87. The highest BCUT2D eigenvalue weighted by Gasteiger charge is 2.27. The molecular weight excluding hydrogens is 252 g/mol. The summed E-state index contributed by atoms with van der Waals surface area (Å²) in [4.78, 5) is 13.7. The van der Waals surface area contributed by atoms with Crippen LogP contribution in [-0.4, -0.2) is 25.7 Å². The Kier molecular flexibility index (Phi) is 4.84. The number of carbonyl (C=O) groups is 1. The van der Waals surface area contributed by atoms with Crippen LogP contribution >= 0.6 is 12.4 Å². The van der Waals surface area contributed by atoms with Crippen LogP contribution in [-0.2, 0) is 16.0 Å². The second-order valence-corrected chi connectivity index (χ2v) is 4.34. The van der Waals surface area contributed by atoms with Gasteiger partial charge in [-0.3, -0.25) is 0 Å². The summed E-state index contributed by atoms with van der Waals surface area (Å²) in [5.41, 5.74) is 8.99. The second-order valence-electron chi connectivity index (χ2n) is 4.34. The molecule has 1 aromatic carbocycles. The Morgan fingerprint density at radius 3 is 2.89 bits per heavy atom. The largest absolute Gasteiger partial charge is 0.467 e. The van der Waals surface area contributed by atoms with E-state index in [-0.39, 0.29) is 24.4 Å². The van der Waals surface area contributed by atoms with Gasteiger partial charge in [0.2, 0.25) is 0 Å². The van der Waals surface area contributed by atoms with Crippen LogP contribution in [0.5, 0.6) is 0 Å². The number of anilines is 2. The van der Waals surface area contributed by atoms with Crippen LogP contribution in [0.15, 0.2) is 18.2 Å². The molecule has 1 aliphatic heterocycles. The highest BCUT2D eigenvalue weighted by molar-refractivity contribution is 5.85. The molecule has 2 rings (SSSR count). The topological polar surface area (TPSA) is 55.6 Å². The summed E-state index contributed by atoms with van der Waals surface area (Å²) in [7, 11) is 1.42. The maximum Gasteiger partial charge on any atom is 0.328 e. The Balaban J connectivity index is 0.00000162. The van der Waals surface area contributed by atoms with Crippen LogP contribution in [0.1, 0.15) is 18.9 Å². The molecule has 100 valence electrons. The molecule has 2 N–H and O–H groups in total. The first-order chi connectivity index (χ1) is 8.15. The van der Waals surface area contributed by atoms with E-state index in [1.54, 1.807) is 0 Å². The average Bonchev–Trinajstić information content (AvgIpc) is 2.37. The van der Waals surface area contributed by atoms with Gasteiger partial charge >= 0.3 is 5.97 Å². The third-order valence-electron chi connectivity index (χ3n) is 3.33. The summed E-state index contributed by atoms with van der Waals surface area (Å²) in [6, 6.07) is 5.59. The number of nitrogens with two attached hydrogens (primary N) is 1. The molecule has 18 heavy (non-hydrogen) atoms. The first-order valence-corrected chi connectivity index (χ1v) is 5.87. The van der Waals surface area contributed by atoms with E-state index in [9.17, 15) is 4.79 Å². The fourth-order valence-electron chi connectivity index (χ4n) is 2.38. The lowest BCUT2D eigenvalue weighted by molar-refractivity contribution is -0.141. The molecule has 1 aliphatic rings. The van der Waals surface area contributed by atoms with E-state index in [0.717, 1.165) is 36.3 Å². The lowest BCUT2D eigenvalue weighted by Crippen LogP contribution is -2.42. The Bertz CT molecular complexity index is 437. The predicted octanol–water partition coefficient (Wildman–Crippen LogP) is 2.00. The molecular formula is C13H19ClN2O2. The van der Waals surface area contributed by atoms with Crippen LogP contribution in [0.2, 0.25) is 0 Å². The molecule has 0 aromatic heterocycles. The van der Waals surface area contributed by atoms with Crippen LogP contribution in [0, 0.1) is 0 Å². The number of fused-ring (bicyclic) bond motifs is 1. The zero-order valence-corrected chi connectivity index (χ0v) is 11.5. The van der Waals surface area contributed by atoms with Crippen molar-refractivity contribution < 1.29 is 9.53 Å². The lowest BCUT2D eigenvalue weighted by atomic mass is 9.98. The normalized spacial score (nSPS) is 15.3. The van der Waals surface area contributed by atoms with Crippen LogP contribution < -0.4 is 10.6 Å². The van der Waals surface area contributed by atoms with Crippen molar-refractivity contribution in [1.29, 1.82) is 0 Å². The van der Waals surface area contributed by atoms with Crippen LogP contribution in [0.3, 0.4) is 0 Å². The van der Waals surface area contributed by atoms with Crippen molar-refractivity contribution in [2.45, 2.75) is 25.8 Å². The van der Waals surface area contributed by atoms with Crippen molar-refractivity contribution in [3.05, 3.63) is 23.8 Å². The van der Waals surface area contributed by atoms with Gasteiger partial charge in [0.25, 0.3) is 0 Å². The molecule has 1 atom stereocenters. The van der Waals surface area contributed by atoms with Crippen molar-refractivity contribution in [2.24, 2.45) is 0 Å². The number of nitrogen functional groups attached to an aromatic ring is 1. The standard InChI is InChI=1S/C13H18N2O2.ClH/c1-9(13(16)17-2)15-8-4-5-10-11(14)6-3-7-12(10)15;/h3,6-7,9H,4-5,8,14H2,1-2H3;1H. The SMILES string of the molecule is COC(=O)C(C)N1CCCc2c(N)cccc21.Cl. The molecule has 0 radical (unpaired) electrons. The summed E-state index contributed by atoms with van der Waals surface area (Å²) in [5.74, 6) is -0.208. The van der Waals surface area contributed by atoms with E-state index in [1.807, 2.05) is 25.1 Å². The molecule has 4 nitrogen and oxygen atoms in total. The molecule has 0 fully saturated rings. The molecule has 0 spiro atoms. The number of esters is 1. The van der Waals surface area contributed by atoms with E-state index >= 15 is 0 Å². The van der Waals surface area contributed by atoms with Crippen molar-refractivity contribution in [1.82, 2.24) is 0 Å². The van der Waals surface area contributed by atoms with E-state index in [4.69, 9.17) is 10.5 Å². The molecule has 0 saturated carbocycles. The Morgan fingerprint density at radius 1 is 1.50 bits per heavy atom. The number of benzene rings is 1. The number of nitrogens with zero attached hydrogens (tertiary/aromatic N) is 1. The van der Waals surface area contributed by atoms with Gasteiger partial charge in [-0.1, -0.05) is 6.07 Å². The van der Waals surface area contributed by atoms with Crippen molar-refractivity contribution in [3.8, 4) is 0 Å². The highest BCUT2D eigenvalue weighted by Crippen LogP contribution is 2.32. The summed E-state index contributed by atoms with van der Waals surface area (Å²) >= 11 is 0. The molecule has 0 aliphatic carbocycles. The fraction of sp³-hybridized carbons (Fsp3) is 0.462. The zero-order valence-electron chi connectivity index (χ0n) is 10.7. The molecule has 0 saturated heterocycles. The molecule has 0 bridgehead atoms. The Hall–Kier alpha value is -1.42. The Labute approximate surface area is 114 Å². The molecule has 1 aromatic rings. The van der Waals surface area contributed by atoms with Gasteiger partial charge in [0.05, 0.1) is 7.11 Å². The average molecular weight is 271 g/mol. The number of carbonyl (C=O) groups excluding carboxylic acids is 1. The van der Waals surface area contributed by atoms with Crippen LogP contribution in [0.25, 0.3) is 0 Å². The van der Waals surface area contributed by atoms with E-state index in [2.05, 4.69) is 4.90 Å². The lowest BCUT2D eigenvalue weighted by Gasteiger charge is -2.35. The van der Waals surface area contributed by atoms with Gasteiger partial charge in [0, 0.05) is 17.9 Å². The van der Waals surface area contributed by atoms with Gasteiger partial charge in [0.15, 0.2) is 0 Å². The quantitative estimate of drug-likeness (QED) is 0.660. The van der Waals surface area contributed by atoms with Gasteiger partial charge < -0.3 is 15.4 Å². The molecule has 0 amide bonds. The zero-order chi connectivity index (χ0) is 12.4. The maximum absolute atomic E-state index is 11.6.